The summed E-state index contributed by atoms with van der Waals surface area (Å²) in [6.45, 7) is 4.57. The van der Waals surface area contributed by atoms with Gasteiger partial charge in [-0.05, 0) is 30.8 Å². The molecular formula is C11H16N2OS. The Balaban J connectivity index is 2.45. The third kappa shape index (κ3) is 4.85. The van der Waals surface area contributed by atoms with E-state index < -0.39 is 0 Å². The minimum absolute atomic E-state index is 0.0388. The molecule has 0 spiro atoms. The van der Waals surface area contributed by atoms with Crippen molar-refractivity contribution in [3.63, 3.8) is 0 Å². The second-order valence-electron chi connectivity index (χ2n) is 3.10. The first-order valence-corrected chi connectivity index (χ1v) is 5.92. The maximum atomic E-state index is 10.8. The van der Waals surface area contributed by atoms with Gasteiger partial charge in [0.05, 0.1) is 0 Å². The van der Waals surface area contributed by atoms with Crippen LogP contribution in [-0.2, 0) is 4.79 Å². The Labute approximate surface area is 94.6 Å². The number of hydrogen-bond acceptors (Lipinski definition) is 3. The number of carbonyl (C=O) groups is 1. The zero-order valence-corrected chi connectivity index (χ0v) is 9.86. The van der Waals surface area contributed by atoms with Crippen LogP contribution in [0.15, 0.2) is 29.2 Å². The fraction of sp³-hybridized carbons (Fsp3) is 0.364. The van der Waals surface area contributed by atoms with Crippen LogP contribution in [-0.4, -0.2) is 18.3 Å². The molecule has 4 heteroatoms. The van der Waals surface area contributed by atoms with Gasteiger partial charge in [0.15, 0.2) is 0 Å². The lowest BCUT2D eigenvalue weighted by atomic mass is 10.3. The Morgan fingerprint density at radius 1 is 1.33 bits per heavy atom. The number of hydrogen-bond donors (Lipinski definition) is 2. The molecule has 0 radical (unpaired) electrons. The Hall–Kier alpha value is -1.00. The second-order valence-corrected chi connectivity index (χ2v) is 4.15. The fourth-order valence-corrected chi connectivity index (χ4v) is 1.88. The van der Waals surface area contributed by atoms with E-state index in [1.54, 1.807) is 11.8 Å². The van der Waals surface area contributed by atoms with Gasteiger partial charge in [0, 0.05) is 23.4 Å². The van der Waals surface area contributed by atoms with Crippen molar-refractivity contribution in [3.05, 3.63) is 24.3 Å². The van der Waals surface area contributed by atoms with Crippen molar-refractivity contribution in [1.29, 1.82) is 0 Å². The van der Waals surface area contributed by atoms with Gasteiger partial charge in [-0.3, -0.25) is 4.79 Å². The molecule has 2 N–H and O–H groups in total. The molecule has 0 saturated heterocycles. The summed E-state index contributed by atoms with van der Waals surface area (Å²) in [5.41, 5.74) is 0.843. The van der Waals surface area contributed by atoms with Crippen LogP contribution < -0.4 is 10.6 Å². The Bertz CT molecular complexity index is 311. The highest BCUT2D eigenvalue weighted by molar-refractivity contribution is 7.99. The van der Waals surface area contributed by atoms with Crippen LogP contribution in [0.25, 0.3) is 0 Å². The van der Waals surface area contributed by atoms with Gasteiger partial charge < -0.3 is 10.6 Å². The molecule has 1 aromatic carbocycles. The second kappa shape index (κ2) is 6.48. The van der Waals surface area contributed by atoms with Crippen molar-refractivity contribution < 1.29 is 4.79 Å². The Morgan fingerprint density at radius 2 is 2.00 bits per heavy atom. The van der Waals surface area contributed by atoms with E-state index in [1.807, 2.05) is 24.3 Å². The van der Waals surface area contributed by atoms with Crippen molar-refractivity contribution in [2.75, 3.05) is 17.7 Å². The lowest BCUT2D eigenvalue weighted by Gasteiger charge is -2.04. The topological polar surface area (TPSA) is 41.1 Å². The van der Waals surface area contributed by atoms with Gasteiger partial charge in [-0.1, -0.05) is 6.92 Å². The molecule has 0 aromatic heterocycles. The van der Waals surface area contributed by atoms with Crippen LogP contribution >= 0.6 is 11.8 Å². The van der Waals surface area contributed by atoms with E-state index >= 15 is 0 Å². The molecule has 82 valence electrons. The first-order chi connectivity index (χ1) is 7.22. The molecule has 0 bridgehead atoms. The number of nitrogens with one attached hydrogen (secondary N) is 2. The van der Waals surface area contributed by atoms with Crippen molar-refractivity contribution >= 4 is 23.4 Å². The number of rotatable bonds is 5. The SMILES string of the molecule is CCNCSc1ccc(NC(C)=O)cc1. The van der Waals surface area contributed by atoms with E-state index in [2.05, 4.69) is 17.6 Å². The van der Waals surface area contributed by atoms with Gasteiger partial charge in [0.2, 0.25) is 5.91 Å². The van der Waals surface area contributed by atoms with E-state index in [-0.39, 0.29) is 5.91 Å². The average molecular weight is 224 g/mol. The molecule has 3 nitrogen and oxygen atoms in total. The molecule has 0 aliphatic heterocycles. The van der Waals surface area contributed by atoms with Gasteiger partial charge >= 0.3 is 0 Å². The quantitative estimate of drug-likeness (QED) is 0.458. The molecule has 0 saturated carbocycles. The lowest BCUT2D eigenvalue weighted by molar-refractivity contribution is -0.114. The van der Waals surface area contributed by atoms with Crippen LogP contribution in [0.2, 0.25) is 0 Å². The maximum absolute atomic E-state index is 10.8. The molecule has 0 aliphatic carbocycles. The highest BCUT2D eigenvalue weighted by atomic mass is 32.2. The van der Waals surface area contributed by atoms with E-state index in [1.165, 1.54) is 11.8 Å². The number of thioether (sulfide) groups is 1. The van der Waals surface area contributed by atoms with Crippen LogP contribution in [0.3, 0.4) is 0 Å². The van der Waals surface area contributed by atoms with E-state index in [0.29, 0.717) is 0 Å². The minimum atomic E-state index is -0.0388. The lowest BCUT2D eigenvalue weighted by Crippen LogP contribution is -2.10. The third-order valence-electron chi connectivity index (χ3n) is 1.77. The van der Waals surface area contributed by atoms with Gasteiger partial charge in [-0.25, -0.2) is 0 Å². The van der Waals surface area contributed by atoms with E-state index in [9.17, 15) is 4.79 Å². The number of benzene rings is 1. The van der Waals surface area contributed by atoms with Crippen molar-refractivity contribution in [2.45, 2.75) is 18.7 Å². The summed E-state index contributed by atoms with van der Waals surface area (Å²) in [6, 6.07) is 7.84. The normalized spacial score (nSPS) is 10.0. The van der Waals surface area contributed by atoms with E-state index in [4.69, 9.17) is 0 Å². The van der Waals surface area contributed by atoms with Gasteiger partial charge in [-0.15, -0.1) is 11.8 Å². The summed E-state index contributed by atoms with van der Waals surface area (Å²) in [7, 11) is 0. The van der Waals surface area contributed by atoms with Gasteiger partial charge in [0.25, 0.3) is 0 Å². The molecular weight excluding hydrogens is 208 g/mol. The third-order valence-corrected chi connectivity index (χ3v) is 2.72. The van der Waals surface area contributed by atoms with Crippen molar-refractivity contribution in [3.8, 4) is 0 Å². The predicted molar refractivity (Wildman–Crippen MR) is 65.1 cm³/mol. The molecule has 0 unspecified atom stereocenters. The Kier molecular flexibility index (Phi) is 5.21. The molecule has 0 heterocycles. The molecule has 1 aromatic rings. The first kappa shape index (κ1) is 12.1. The number of anilines is 1. The summed E-state index contributed by atoms with van der Waals surface area (Å²) in [4.78, 5) is 12.0. The highest BCUT2D eigenvalue weighted by Crippen LogP contribution is 2.19. The largest absolute Gasteiger partial charge is 0.326 e. The number of amides is 1. The van der Waals surface area contributed by atoms with Crippen LogP contribution in [0.5, 0.6) is 0 Å². The fourth-order valence-electron chi connectivity index (χ4n) is 1.07. The molecule has 15 heavy (non-hydrogen) atoms. The smallest absolute Gasteiger partial charge is 0.221 e. The summed E-state index contributed by atoms with van der Waals surface area (Å²) in [6.07, 6.45) is 0. The zero-order chi connectivity index (χ0) is 11.1. The first-order valence-electron chi connectivity index (χ1n) is 4.93. The average Bonchev–Trinajstić information content (AvgIpc) is 2.20. The number of carbonyl (C=O) groups excluding carboxylic acids is 1. The Morgan fingerprint density at radius 3 is 2.53 bits per heavy atom. The molecule has 0 atom stereocenters. The van der Waals surface area contributed by atoms with Crippen LogP contribution in [0.4, 0.5) is 5.69 Å². The van der Waals surface area contributed by atoms with Crippen molar-refractivity contribution in [2.24, 2.45) is 0 Å². The van der Waals surface area contributed by atoms with Gasteiger partial charge in [0.1, 0.15) is 0 Å². The molecule has 1 amide bonds. The van der Waals surface area contributed by atoms with Crippen LogP contribution in [0, 0.1) is 0 Å². The minimum Gasteiger partial charge on any atom is -0.326 e. The zero-order valence-electron chi connectivity index (χ0n) is 9.04. The summed E-state index contributed by atoms with van der Waals surface area (Å²) < 4.78 is 0. The standard InChI is InChI=1S/C11H16N2OS/c1-3-12-8-15-11-6-4-10(5-7-11)13-9(2)14/h4-7,12H,3,8H2,1-2H3,(H,13,14). The highest BCUT2D eigenvalue weighted by Gasteiger charge is 1.96. The molecule has 0 aliphatic rings. The maximum Gasteiger partial charge on any atom is 0.221 e. The van der Waals surface area contributed by atoms with Gasteiger partial charge in [-0.2, -0.15) is 0 Å². The molecule has 0 fully saturated rings. The monoisotopic (exact) mass is 224 g/mol. The summed E-state index contributed by atoms with van der Waals surface area (Å²) in [5, 5.41) is 5.97. The summed E-state index contributed by atoms with van der Waals surface area (Å²) in [5.74, 6) is 0.874. The predicted octanol–water partition coefficient (Wildman–Crippen LogP) is 2.30. The van der Waals surface area contributed by atoms with Crippen molar-refractivity contribution in [1.82, 2.24) is 5.32 Å². The molecule has 1 rings (SSSR count). The van der Waals surface area contributed by atoms with Crippen LogP contribution in [0.1, 0.15) is 13.8 Å². The van der Waals surface area contributed by atoms with E-state index in [0.717, 1.165) is 18.1 Å². The summed E-state index contributed by atoms with van der Waals surface area (Å²) >= 11 is 1.75.